The molecule has 0 amide bonds. The van der Waals surface area contributed by atoms with Gasteiger partial charge in [0, 0.05) is 16.7 Å². The molecular weight excluding hydrogens is 546 g/mol. The Bertz CT molecular complexity index is 2190. The SMILES string of the molecule is Cc1cccc(-c2c3ccccc3c(-c3ccc(-c4nc(-c5ccccc5)nc(-c5ccccc5)n4)cc3)c3ccccc23)c1. The van der Waals surface area contributed by atoms with Crippen molar-refractivity contribution in [1.82, 2.24) is 15.0 Å². The van der Waals surface area contributed by atoms with E-state index in [0.717, 1.165) is 22.3 Å². The van der Waals surface area contributed by atoms with Gasteiger partial charge in [0.25, 0.3) is 0 Å². The van der Waals surface area contributed by atoms with Crippen LogP contribution < -0.4 is 0 Å². The highest BCUT2D eigenvalue weighted by atomic mass is 15.0. The summed E-state index contributed by atoms with van der Waals surface area (Å²) in [7, 11) is 0. The van der Waals surface area contributed by atoms with Crippen molar-refractivity contribution in [3.63, 3.8) is 0 Å². The maximum Gasteiger partial charge on any atom is 0.164 e. The molecule has 8 rings (SSSR count). The average Bonchev–Trinajstić information content (AvgIpc) is 3.11. The van der Waals surface area contributed by atoms with Crippen LogP contribution in [-0.2, 0) is 0 Å². The summed E-state index contributed by atoms with van der Waals surface area (Å²) in [5, 5.41) is 4.97. The van der Waals surface area contributed by atoms with Crippen LogP contribution in [0.3, 0.4) is 0 Å². The summed E-state index contributed by atoms with van der Waals surface area (Å²) in [5.74, 6) is 1.97. The van der Waals surface area contributed by atoms with Crippen LogP contribution in [-0.4, -0.2) is 15.0 Å². The van der Waals surface area contributed by atoms with E-state index in [0.29, 0.717) is 17.5 Å². The molecule has 0 saturated carbocycles. The van der Waals surface area contributed by atoms with Gasteiger partial charge in [0.05, 0.1) is 0 Å². The van der Waals surface area contributed by atoms with E-state index in [9.17, 15) is 0 Å². The number of aromatic nitrogens is 3. The lowest BCUT2D eigenvalue weighted by molar-refractivity contribution is 1.07. The Balaban J connectivity index is 1.30. The molecule has 1 aromatic heterocycles. The average molecular weight is 576 g/mol. The third kappa shape index (κ3) is 4.95. The molecular formula is C42H29N3. The van der Waals surface area contributed by atoms with Crippen LogP contribution in [0.5, 0.6) is 0 Å². The van der Waals surface area contributed by atoms with Gasteiger partial charge in [0.1, 0.15) is 0 Å². The molecule has 0 radical (unpaired) electrons. The van der Waals surface area contributed by atoms with Crippen molar-refractivity contribution < 1.29 is 0 Å². The molecule has 0 saturated heterocycles. The highest BCUT2D eigenvalue weighted by Gasteiger charge is 2.17. The van der Waals surface area contributed by atoms with Gasteiger partial charge in [-0.15, -0.1) is 0 Å². The summed E-state index contributed by atoms with van der Waals surface area (Å²) in [5.41, 5.74) is 9.02. The van der Waals surface area contributed by atoms with E-state index in [2.05, 4.69) is 104 Å². The van der Waals surface area contributed by atoms with Gasteiger partial charge in [-0.2, -0.15) is 0 Å². The van der Waals surface area contributed by atoms with Gasteiger partial charge >= 0.3 is 0 Å². The fourth-order valence-corrected chi connectivity index (χ4v) is 6.27. The molecule has 0 bridgehead atoms. The standard InChI is InChI=1S/C42H29N3/c1-28-13-12-18-33(27-28)39-36-21-10-8-19-34(36)38(35-20-9-11-22-37(35)39)29-23-25-32(26-24-29)42-44-40(30-14-4-2-5-15-30)43-41(45-42)31-16-6-3-7-17-31/h2-27H,1H3. The summed E-state index contributed by atoms with van der Waals surface area (Å²) >= 11 is 0. The first kappa shape index (κ1) is 26.7. The Morgan fingerprint density at radius 2 is 0.667 bits per heavy atom. The van der Waals surface area contributed by atoms with Crippen molar-refractivity contribution >= 4 is 21.5 Å². The van der Waals surface area contributed by atoms with Gasteiger partial charge in [0.2, 0.25) is 0 Å². The van der Waals surface area contributed by atoms with Crippen LogP contribution in [0.4, 0.5) is 0 Å². The van der Waals surface area contributed by atoms with Crippen molar-refractivity contribution in [3.05, 3.63) is 163 Å². The lowest BCUT2D eigenvalue weighted by Gasteiger charge is -2.18. The first-order valence-electron chi connectivity index (χ1n) is 15.2. The lowest BCUT2D eigenvalue weighted by atomic mass is 9.85. The van der Waals surface area contributed by atoms with Gasteiger partial charge in [-0.25, -0.2) is 15.0 Å². The molecule has 3 heteroatoms. The van der Waals surface area contributed by atoms with Crippen LogP contribution in [0, 0.1) is 6.92 Å². The minimum atomic E-state index is 0.652. The summed E-state index contributed by atoms with van der Waals surface area (Å²) in [6, 6.07) is 55.2. The molecule has 0 atom stereocenters. The van der Waals surface area contributed by atoms with Crippen LogP contribution in [0.1, 0.15) is 5.56 Å². The Labute approximate surface area is 262 Å². The highest BCUT2D eigenvalue weighted by molar-refractivity contribution is 6.21. The topological polar surface area (TPSA) is 38.7 Å². The Kier molecular flexibility index (Phi) is 6.69. The van der Waals surface area contributed by atoms with E-state index in [1.54, 1.807) is 0 Å². The zero-order valence-corrected chi connectivity index (χ0v) is 24.9. The quantitative estimate of drug-likeness (QED) is 0.192. The predicted octanol–water partition coefficient (Wildman–Crippen LogP) is 10.8. The van der Waals surface area contributed by atoms with Gasteiger partial charge in [-0.3, -0.25) is 0 Å². The molecule has 0 aliphatic rings. The number of hydrogen-bond acceptors (Lipinski definition) is 3. The van der Waals surface area contributed by atoms with E-state index in [1.165, 1.54) is 43.8 Å². The van der Waals surface area contributed by atoms with E-state index in [-0.39, 0.29) is 0 Å². The molecule has 212 valence electrons. The zero-order valence-electron chi connectivity index (χ0n) is 24.9. The van der Waals surface area contributed by atoms with Gasteiger partial charge in [-0.1, -0.05) is 163 Å². The minimum Gasteiger partial charge on any atom is -0.208 e. The van der Waals surface area contributed by atoms with Crippen molar-refractivity contribution in [1.29, 1.82) is 0 Å². The monoisotopic (exact) mass is 575 g/mol. The van der Waals surface area contributed by atoms with Crippen LogP contribution >= 0.6 is 0 Å². The van der Waals surface area contributed by atoms with Crippen LogP contribution in [0.2, 0.25) is 0 Å². The minimum absolute atomic E-state index is 0.652. The van der Waals surface area contributed by atoms with Crippen LogP contribution in [0.15, 0.2) is 158 Å². The maximum atomic E-state index is 4.93. The fraction of sp³-hybridized carbons (Fsp3) is 0.0238. The largest absolute Gasteiger partial charge is 0.208 e. The third-order valence-electron chi connectivity index (χ3n) is 8.37. The molecule has 0 N–H and O–H groups in total. The number of benzene rings is 7. The molecule has 0 fully saturated rings. The smallest absolute Gasteiger partial charge is 0.164 e. The second-order valence-electron chi connectivity index (χ2n) is 11.3. The Hall–Kier alpha value is -5.93. The normalized spacial score (nSPS) is 11.2. The summed E-state index contributed by atoms with van der Waals surface area (Å²) < 4.78 is 0. The van der Waals surface area contributed by atoms with Crippen molar-refractivity contribution in [2.75, 3.05) is 0 Å². The lowest BCUT2D eigenvalue weighted by Crippen LogP contribution is -2.00. The number of rotatable bonds is 5. The second kappa shape index (κ2) is 11.3. The third-order valence-corrected chi connectivity index (χ3v) is 8.37. The summed E-state index contributed by atoms with van der Waals surface area (Å²) in [6.45, 7) is 2.15. The summed E-state index contributed by atoms with van der Waals surface area (Å²) in [6.07, 6.45) is 0. The first-order chi connectivity index (χ1) is 22.2. The van der Waals surface area contributed by atoms with Gasteiger partial charge in [0.15, 0.2) is 17.5 Å². The Morgan fingerprint density at radius 1 is 0.311 bits per heavy atom. The molecule has 0 unspecified atom stereocenters. The molecule has 0 aliphatic heterocycles. The molecule has 7 aromatic carbocycles. The zero-order chi connectivity index (χ0) is 30.2. The number of aryl methyl sites for hydroxylation is 1. The predicted molar refractivity (Wildman–Crippen MR) is 187 cm³/mol. The highest BCUT2D eigenvalue weighted by Crippen LogP contribution is 2.44. The van der Waals surface area contributed by atoms with Crippen molar-refractivity contribution in [3.8, 4) is 56.4 Å². The van der Waals surface area contributed by atoms with Crippen molar-refractivity contribution in [2.45, 2.75) is 6.92 Å². The Morgan fingerprint density at radius 3 is 1.11 bits per heavy atom. The van der Waals surface area contributed by atoms with Gasteiger partial charge < -0.3 is 0 Å². The van der Waals surface area contributed by atoms with Gasteiger partial charge in [-0.05, 0) is 50.7 Å². The van der Waals surface area contributed by atoms with E-state index in [4.69, 9.17) is 15.0 Å². The van der Waals surface area contributed by atoms with Crippen molar-refractivity contribution in [2.24, 2.45) is 0 Å². The molecule has 0 aliphatic carbocycles. The molecule has 8 aromatic rings. The van der Waals surface area contributed by atoms with E-state index >= 15 is 0 Å². The van der Waals surface area contributed by atoms with E-state index in [1.807, 2.05) is 60.7 Å². The second-order valence-corrected chi connectivity index (χ2v) is 11.3. The molecule has 0 spiro atoms. The van der Waals surface area contributed by atoms with Crippen LogP contribution in [0.25, 0.3) is 78.0 Å². The number of hydrogen-bond donors (Lipinski definition) is 0. The van der Waals surface area contributed by atoms with E-state index < -0.39 is 0 Å². The number of nitrogens with zero attached hydrogens (tertiary/aromatic N) is 3. The molecule has 45 heavy (non-hydrogen) atoms. The first-order valence-corrected chi connectivity index (χ1v) is 15.2. The fourth-order valence-electron chi connectivity index (χ4n) is 6.27. The molecule has 3 nitrogen and oxygen atoms in total. The maximum absolute atomic E-state index is 4.93. The molecule has 1 heterocycles. The number of fused-ring (bicyclic) bond motifs is 2. The summed E-state index contributed by atoms with van der Waals surface area (Å²) in [4.78, 5) is 14.7.